The summed E-state index contributed by atoms with van der Waals surface area (Å²) >= 11 is 0. The van der Waals surface area contributed by atoms with E-state index in [1.165, 1.54) is 89.9 Å². The van der Waals surface area contributed by atoms with E-state index < -0.39 is 6.10 Å². The molecule has 4 nitrogen and oxygen atoms in total. The lowest BCUT2D eigenvalue weighted by Crippen LogP contribution is -2.27. The third-order valence-corrected chi connectivity index (χ3v) is 6.97. The monoisotopic (exact) mass is 548 g/mol. The third-order valence-electron chi connectivity index (χ3n) is 6.97. The molecule has 0 bridgehead atoms. The molecule has 0 fully saturated rings. The van der Waals surface area contributed by atoms with Crippen LogP contribution in [0, 0.1) is 0 Å². The molecule has 0 aliphatic heterocycles. The lowest BCUT2D eigenvalue weighted by Gasteiger charge is -2.15. The number of rotatable bonds is 30. The maximum absolute atomic E-state index is 12.1. The van der Waals surface area contributed by atoms with Crippen LogP contribution < -0.4 is 0 Å². The van der Waals surface area contributed by atoms with Gasteiger partial charge in [0.15, 0.2) is 0 Å². The first-order valence-electron chi connectivity index (χ1n) is 16.6. The highest BCUT2D eigenvalue weighted by molar-refractivity contribution is 5.69. The predicted octanol–water partition coefficient (Wildman–Crippen LogP) is 10.2. The summed E-state index contributed by atoms with van der Waals surface area (Å²) in [6, 6.07) is 0. The van der Waals surface area contributed by atoms with Gasteiger partial charge in [0.1, 0.15) is 6.10 Å². The van der Waals surface area contributed by atoms with Crippen LogP contribution in [0.2, 0.25) is 0 Å². The molecule has 1 atom stereocenters. The molecule has 228 valence electrons. The van der Waals surface area contributed by atoms with Crippen molar-refractivity contribution in [2.24, 2.45) is 0 Å². The van der Waals surface area contributed by atoms with Gasteiger partial charge in [-0.1, -0.05) is 134 Å². The zero-order chi connectivity index (χ0) is 28.5. The standard InChI is InChI=1S/C35H64O4/c1-3-5-7-9-11-13-14-15-16-17-18-19-20-21-22-23-24-26-28-30-35(37)39-34(32-36)33-38-31-29-27-25-12-10-8-6-4-2/h11,13,15-16,18-19,34,36H,3-10,12,14,17,20-33H2,1-2H3/b13-11-,16-15-,19-18-. The molecule has 0 saturated heterocycles. The van der Waals surface area contributed by atoms with E-state index in [9.17, 15) is 9.90 Å². The molecule has 39 heavy (non-hydrogen) atoms. The molecule has 0 spiro atoms. The Kier molecular flexibility index (Phi) is 31.7. The van der Waals surface area contributed by atoms with Gasteiger partial charge in [0.05, 0.1) is 13.2 Å². The number of esters is 1. The van der Waals surface area contributed by atoms with Crippen LogP contribution in [-0.4, -0.2) is 37.0 Å². The molecule has 0 aromatic heterocycles. The summed E-state index contributed by atoms with van der Waals surface area (Å²) in [5.74, 6) is -0.216. The predicted molar refractivity (Wildman–Crippen MR) is 168 cm³/mol. The zero-order valence-corrected chi connectivity index (χ0v) is 25.9. The Bertz CT molecular complexity index is 581. The first-order chi connectivity index (χ1) is 19.2. The number of allylic oxidation sites excluding steroid dienone is 6. The Morgan fingerprint density at radius 1 is 0.615 bits per heavy atom. The van der Waals surface area contributed by atoms with Crippen LogP contribution in [0.3, 0.4) is 0 Å². The number of aliphatic hydroxyl groups excluding tert-OH is 1. The van der Waals surface area contributed by atoms with Crippen LogP contribution in [-0.2, 0) is 14.3 Å². The second kappa shape index (κ2) is 32.8. The van der Waals surface area contributed by atoms with Gasteiger partial charge in [-0.2, -0.15) is 0 Å². The molecule has 1 unspecified atom stereocenters. The second-order valence-electron chi connectivity index (χ2n) is 10.9. The molecule has 0 radical (unpaired) electrons. The van der Waals surface area contributed by atoms with Gasteiger partial charge in [0, 0.05) is 13.0 Å². The largest absolute Gasteiger partial charge is 0.457 e. The maximum atomic E-state index is 12.1. The lowest BCUT2D eigenvalue weighted by atomic mass is 10.1. The van der Waals surface area contributed by atoms with Crippen molar-refractivity contribution >= 4 is 5.97 Å². The highest BCUT2D eigenvalue weighted by Crippen LogP contribution is 2.11. The number of aliphatic hydroxyl groups is 1. The number of unbranched alkanes of at least 4 members (excludes halogenated alkanes) is 16. The summed E-state index contributed by atoms with van der Waals surface area (Å²) in [4.78, 5) is 12.1. The fraction of sp³-hybridized carbons (Fsp3) is 0.800. The van der Waals surface area contributed by atoms with E-state index in [1.807, 2.05) is 0 Å². The number of carbonyl (C=O) groups is 1. The molecule has 0 heterocycles. The molecule has 0 amide bonds. The molecule has 0 aliphatic carbocycles. The summed E-state index contributed by atoms with van der Waals surface area (Å²) in [5, 5.41) is 9.49. The molecule has 4 heteroatoms. The van der Waals surface area contributed by atoms with Gasteiger partial charge in [0.2, 0.25) is 0 Å². The van der Waals surface area contributed by atoms with Crippen molar-refractivity contribution in [1.29, 1.82) is 0 Å². The van der Waals surface area contributed by atoms with E-state index in [0.29, 0.717) is 19.6 Å². The van der Waals surface area contributed by atoms with Crippen molar-refractivity contribution in [2.75, 3.05) is 19.8 Å². The smallest absolute Gasteiger partial charge is 0.306 e. The Hall–Kier alpha value is -1.39. The van der Waals surface area contributed by atoms with E-state index in [1.54, 1.807) is 0 Å². The summed E-state index contributed by atoms with van der Waals surface area (Å²) < 4.78 is 11.0. The highest BCUT2D eigenvalue weighted by atomic mass is 16.6. The van der Waals surface area contributed by atoms with Gasteiger partial charge in [0.25, 0.3) is 0 Å². The van der Waals surface area contributed by atoms with Gasteiger partial charge in [-0.25, -0.2) is 0 Å². The van der Waals surface area contributed by atoms with E-state index in [2.05, 4.69) is 50.3 Å². The van der Waals surface area contributed by atoms with Crippen molar-refractivity contribution in [3.8, 4) is 0 Å². The minimum atomic E-state index is -0.535. The van der Waals surface area contributed by atoms with Gasteiger partial charge < -0.3 is 14.6 Å². The minimum absolute atomic E-state index is 0.176. The van der Waals surface area contributed by atoms with Gasteiger partial charge in [-0.15, -0.1) is 0 Å². The third kappa shape index (κ3) is 31.0. The molecule has 0 aliphatic rings. The second-order valence-corrected chi connectivity index (χ2v) is 10.9. The topological polar surface area (TPSA) is 55.8 Å². The van der Waals surface area contributed by atoms with E-state index >= 15 is 0 Å². The van der Waals surface area contributed by atoms with Crippen LogP contribution in [0.4, 0.5) is 0 Å². The fourth-order valence-corrected chi connectivity index (χ4v) is 4.45. The Labute approximate surface area is 242 Å². The van der Waals surface area contributed by atoms with Crippen LogP contribution in [0.15, 0.2) is 36.5 Å². The van der Waals surface area contributed by atoms with E-state index in [0.717, 1.165) is 44.9 Å². The van der Waals surface area contributed by atoms with Gasteiger partial charge in [-0.05, 0) is 51.4 Å². The van der Waals surface area contributed by atoms with Gasteiger partial charge in [-0.3, -0.25) is 4.79 Å². The number of hydrogen-bond donors (Lipinski definition) is 1. The first-order valence-corrected chi connectivity index (χ1v) is 16.6. The minimum Gasteiger partial charge on any atom is -0.457 e. The zero-order valence-electron chi connectivity index (χ0n) is 25.9. The Morgan fingerprint density at radius 2 is 1.08 bits per heavy atom. The van der Waals surface area contributed by atoms with E-state index in [-0.39, 0.29) is 12.6 Å². The van der Waals surface area contributed by atoms with Crippen LogP contribution >= 0.6 is 0 Å². The van der Waals surface area contributed by atoms with Crippen molar-refractivity contribution < 1.29 is 19.4 Å². The molecule has 1 N–H and O–H groups in total. The van der Waals surface area contributed by atoms with Crippen LogP contribution in [0.5, 0.6) is 0 Å². The summed E-state index contributed by atoms with van der Waals surface area (Å²) in [7, 11) is 0. The Balaban J connectivity index is 3.50. The van der Waals surface area contributed by atoms with Crippen molar-refractivity contribution in [1.82, 2.24) is 0 Å². The average Bonchev–Trinajstić information content (AvgIpc) is 2.94. The molecule has 0 aromatic carbocycles. The normalized spacial score (nSPS) is 12.8. The number of ether oxygens (including phenoxy) is 2. The fourth-order valence-electron chi connectivity index (χ4n) is 4.45. The molecule has 0 rings (SSSR count). The summed E-state index contributed by atoms with van der Waals surface area (Å²) in [6.45, 7) is 5.28. The van der Waals surface area contributed by atoms with Crippen LogP contribution in [0.25, 0.3) is 0 Å². The summed E-state index contributed by atoms with van der Waals surface area (Å²) in [5.41, 5.74) is 0. The first kappa shape index (κ1) is 37.6. The average molecular weight is 549 g/mol. The van der Waals surface area contributed by atoms with Crippen molar-refractivity contribution in [2.45, 2.75) is 161 Å². The highest BCUT2D eigenvalue weighted by Gasteiger charge is 2.13. The molecular weight excluding hydrogens is 484 g/mol. The van der Waals surface area contributed by atoms with Crippen molar-refractivity contribution in [3.63, 3.8) is 0 Å². The maximum Gasteiger partial charge on any atom is 0.306 e. The Morgan fingerprint density at radius 3 is 1.67 bits per heavy atom. The molecule has 0 aromatic rings. The van der Waals surface area contributed by atoms with Gasteiger partial charge >= 0.3 is 5.97 Å². The molecule has 0 saturated carbocycles. The quantitative estimate of drug-likeness (QED) is 0.0551. The number of hydrogen-bond acceptors (Lipinski definition) is 4. The molecular formula is C35H64O4. The van der Waals surface area contributed by atoms with E-state index in [4.69, 9.17) is 9.47 Å². The summed E-state index contributed by atoms with van der Waals surface area (Å²) in [6.07, 6.45) is 38.9. The van der Waals surface area contributed by atoms with Crippen molar-refractivity contribution in [3.05, 3.63) is 36.5 Å². The number of carbonyl (C=O) groups excluding carboxylic acids is 1. The lowest BCUT2D eigenvalue weighted by molar-refractivity contribution is -0.154. The van der Waals surface area contributed by atoms with Crippen LogP contribution in [0.1, 0.15) is 155 Å². The SMILES string of the molecule is CCCCC/C=C\C/C=C\C/C=C\CCCCCCCCC(=O)OC(CO)COCCCCCCCCCC.